The van der Waals surface area contributed by atoms with Crippen LogP contribution in [0.1, 0.15) is 5.56 Å². The fourth-order valence-corrected chi connectivity index (χ4v) is 1.48. The molecule has 2 aromatic rings. The minimum atomic E-state index is 0.206. The van der Waals surface area contributed by atoms with Crippen molar-refractivity contribution >= 4 is 11.0 Å². The van der Waals surface area contributed by atoms with Gasteiger partial charge in [-0.1, -0.05) is 6.07 Å². The van der Waals surface area contributed by atoms with Crippen LogP contribution in [0.15, 0.2) is 28.9 Å². The van der Waals surface area contributed by atoms with Crippen LogP contribution in [0.25, 0.3) is 11.0 Å². The van der Waals surface area contributed by atoms with Gasteiger partial charge in [-0.15, -0.1) is 0 Å². The van der Waals surface area contributed by atoms with Crippen LogP contribution in [0, 0.1) is 0 Å². The van der Waals surface area contributed by atoms with Crippen LogP contribution in [-0.4, -0.2) is 19.0 Å². The standard InChI is InChI=1S/C11H12O4/c1-13-7-14-5-8-6-15-10-4-2-3-9(12)11(8)10/h2-4,6,12H,5,7H2,1H3. The first kappa shape index (κ1) is 10.0. The fourth-order valence-electron chi connectivity index (χ4n) is 1.48. The lowest BCUT2D eigenvalue weighted by molar-refractivity contribution is -0.0388. The van der Waals surface area contributed by atoms with E-state index in [2.05, 4.69) is 0 Å². The quantitative estimate of drug-likeness (QED) is 0.618. The van der Waals surface area contributed by atoms with E-state index < -0.39 is 0 Å². The van der Waals surface area contributed by atoms with Crippen LogP contribution in [0.4, 0.5) is 0 Å². The first-order chi connectivity index (χ1) is 7.33. The normalized spacial score (nSPS) is 11.0. The van der Waals surface area contributed by atoms with Crippen LogP contribution < -0.4 is 0 Å². The Balaban J connectivity index is 2.27. The van der Waals surface area contributed by atoms with Gasteiger partial charge in [0.15, 0.2) is 0 Å². The third-order valence-corrected chi connectivity index (χ3v) is 2.11. The Labute approximate surface area is 87.0 Å². The molecule has 0 amide bonds. The van der Waals surface area contributed by atoms with Crippen molar-refractivity contribution < 1.29 is 19.0 Å². The van der Waals surface area contributed by atoms with Crippen molar-refractivity contribution in [3.8, 4) is 5.75 Å². The number of hydrogen-bond donors (Lipinski definition) is 1. The van der Waals surface area contributed by atoms with Crippen molar-refractivity contribution in [3.05, 3.63) is 30.0 Å². The summed E-state index contributed by atoms with van der Waals surface area (Å²) in [5, 5.41) is 10.4. The largest absolute Gasteiger partial charge is 0.507 e. The lowest BCUT2D eigenvalue weighted by Gasteiger charge is -2.01. The van der Waals surface area contributed by atoms with Crippen molar-refractivity contribution in [2.24, 2.45) is 0 Å². The van der Waals surface area contributed by atoms with E-state index in [4.69, 9.17) is 13.9 Å². The van der Waals surface area contributed by atoms with Crippen molar-refractivity contribution in [1.29, 1.82) is 0 Å². The molecule has 4 nitrogen and oxygen atoms in total. The smallest absolute Gasteiger partial charge is 0.146 e. The van der Waals surface area contributed by atoms with Gasteiger partial charge in [-0.2, -0.15) is 0 Å². The zero-order chi connectivity index (χ0) is 10.7. The lowest BCUT2D eigenvalue weighted by atomic mass is 10.1. The maximum absolute atomic E-state index is 9.65. The Bertz CT molecular complexity index is 447. The first-order valence-electron chi connectivity index (χ1n) is 4.57. The summed E-state index contributed by atoms with van der Waals surface area (Å²) in [4.78, 5) is 0. The van der Waals surface area contributed by atoms with E-state index in [0.717, 1.165) is 5.56 Å². The molecule has 1 heterocycles. The molecule has 0 atom stereocenters. The van der Waals surface area contributed by atoms with Crippen LogP contribution in [0.3, 0.4) is 0 Å². The Morgan fingerprint density at radius 3 is 3.07 bits per heavy atom. The van der Waals surface area contributed by atoms with Gasteiger partial charge >= 0.3 is 0 Å². The molecule has 0 saturated heterocycles. The summed E-state index contributed by atoms with van der Waals surface area (Å²) >= 11 is 0. The highest BCUT2D eigenvalue weighted by Crippen LogP contribution is 2.29. The van der Waals surface area contributed by atoms with E-state index in [1.807, 2.05) is 0 Å². The summed E-state index contributed by atoms with van der Waals surface area (Å²) in [7, 11) is 1.56. The number of phenolic OH excluding ortho intramolecular Hbond substituents is 1. The highest BCUT2D eigenvalue weighted by molar-refractivity contribution is 5.86. The number of phenols is 1. The predicted molar refractivity (Wildman–Crippen MR) is 54.5 cm³/mol. The summed E-state index contributed by atoms with van der Waals surface area (Å²) in [6, 6.07) is 5.16. The number of benzene rings is 1. The number of rotatable bonds is 4. The SMILES string of the molecule is COCOCc1coc2cccc(O)c12. The third-order valence-electron chi connectivity index (χ3n) is 2.11. The molecule has 15 heavy (non-hydrogen) atoms. The van der Waals surface area contributed by atoms with Crippen molar-refractivity contribution in [1.82, 2.24) is 0 Å². The average molecular weight is 208 g/mol. The summed E-state index contributed by atoms with van der Waals surface area (Å²) in [5.41, 5.74) is 1.48. The zero-order valence-electron chi connectivity index (χ0n) is 8.40. The number of hydrogen-bond acceptors (Lipinski definition) is 4. The summed E-state index contributed by atoms with van der Waals surface area (Å²) in [6.45, 7) is 0.582. The van der Waals surface area contributed by atoms with Crippen LogP contribution in [0.2, 0.25) is 0 Å². The van der Waals surface area contributed by atoms with Gasteiger partial charge in [-0.3, -0.25) is 0 Å². The molecule has 4 heteroatoms. The molecule has 0 radical (unpaired) electrons. The molecule has 0 unspecified atom stereocenters. The van der Waals surface area contributed by atoms with E-state index in [0.29, 0.717) is 17.6 Å². The van der Waals surface area contributed by atoms with Gasteiger partial charge in [0.1, 0.15) is 18.1 Å². The molecule has 1 N–H and O–H groups in total. The molecule has 0 aliphatic heterocycles. The Hall–Kier alpha value is -1.52. The number of fused-ring (bicyclic) bond motifs is 1. The Kier molecular flexibility index (Phi) is 2.89. The number of ether oxygens (including phenoxy) is 2. The molecule has 2 rings (SSSR count). The van der Waals surface area contributed by atoms with E-state index in [1.54, 1.807) is 31.6 Å². The maximum atomic E-state index is 9.65. The number of furan rings is 1. The van der Waals surface area contributed by atoms with Gasteiger partial charge < -0.3 is 19.0 Å². The van der Waals surface area contributed by atoms with Crippen LogP contribution >= 0.6 is 0 Å². The second-order valence-electron chi connectivity index (χ2n) is 3.17. The molecule has 0 spiro atoms. The van der Waals surface area contributed by atoms with E-state index in [1.165, 1.54) is 0 Å². The Morgan fingerprint density at radius 1 is 1.40 bits per heavy atom. The highest BCUT2D eigenvalue weighted by Gasteiger charge is 2.09. The second kappa shape index (κ2) is 4.33. The molecular weight excluding hydrogens is 196 g/mol. The summed E-state index contributed by atoms with van der Waals surface area (Å²) in [5.74, 6) is 0.206. The van der Waals surface area contributed by atoms with E-state index >= 15 is 0 Å². The number of aromatic hydroxyl groups is 1. The minimum absolute atomic E-state index is 0.206. The summed E-state index contributed by atoms with van der Waals surface area (Å²) < 4.78 is 15.2. The zero-order valence-corrected chi connectivity index (χ0v) is 8.40. The van der Waals surface area contributed by atoms with Crippen LogP contribution in [-0.2, 0) is 16.1 Å². The van der Waals surface area contributed by atoms with Gasteiger partial charge in [-0.25, -0.2) is 0 Å². The molecule has 0 fully saturated rings. The molecule has 0 aliphatic carbocycles. The second-order valence-corrected chi connectivity index (χ2v) is 3.17. The fraction of sp³-hybridized carbons (Fsp3) is 0.273. The summed E-state index contributed by atoms with van der Waals surface area (Å²) in [6.07, 6.45) is 1.58. The van der Waals surface area contributed by atoms with Gasteiger partial charge in [-0.05, 0) is 12.1 Å². The molecule has 0 bridgehead atoms. The molecule has 0 saturated carbocycles. The number of methoxy groups -OCH3 is 1. The van der Waals surface area contributed by atoms with Gasteiger partial charge in [0.25, 0.3) is 0 Å². The minimum Gasteiger partial charge on any atom is -0.507 e. The molecule has 1 aromatic heterocycles. The van der Waals surface area contributed by atoms with Gasteiger partial charge in [0.2, 0.25) is 0 Å². The van der Waals surface area contributed by atoms with Crippen molar-refractivity contribution in [2.45, 2.75) is 6.61 Å². The first-order valence-corrected chi connectivity index (χ1v) is 4.57. The monoisotopic (exact) mass is 208 g/mol. The van der Waals surface area contributed by atoms with Gasteiger partial charge in [0, 0.05) is 12.7 Å². The molecule has 80 valence electrons. The molecule has 1 aromatic carbocycles. The predicted octanol–water partition coefficient (Wildman–Crippen LogP) is 2.26. The topological polar surface area (TPSA) is 51.8 Å². The third kappa shape index (κ3) is 1.95. The maximum Gasteiger partial charge on any atom is 0.146 e. The molecular formula is C11H12O4. The highest BCUT2D eigenvalue weighted by atomic mass is 16.7. The lowest BCUT2D eigenvalue weighted by Crippen LogP contribution is -1.96. The Morgan fingerprint density at radius 2 is 2.27 bits per heavy atom. The molecule has 0 aliphatic rings. The van der Waals surface area contributed by atoms with Gasteiger partial charge in [0.05, 0.1) is 18.3 Å². The van der Waals surface area contributed by atoms with E-state index in [-0.39, 0.29) is 12.5 Å². The van der Waals surface area contributed by atoms with Crippen LogP contribution in [0.5, 0.6) is 5.75 Å². The van der Waals surface area contributed by atoms with E-state index in [9.17, 15) is 5.11 Å². The van der Waals surface area contributed by atoms with Crippen molar-refractivity contribution in [2.75, 3.05) is 13.9 Å². The average Bonchev–Trinajstić information content (AvgIpc) is 2.63. The van der Waals surface area contributed by atoms with Crippen molar-refractivity contribution in [3.63, 3.8) is 0 Å².